The number of aromatic amines is 1. The maximum absolute atomic E-state index is 12.4. The number of aliphatic carboxylic acids is 1. The molecule has 28 heavy (non-hydrogen) atoms. The Morgan fingerprint density at radius 2 is 2.18 bits per heavy atom. The third-order valence-electron chi connectivity index (χ3n) is 4.90. The molecule has 1 aliphatic rings. The molecule has 0 fully saturated rings. The molecular formula is C18H17N5O5. The average molecular weight is 383 g/mol. The molecule has 2 heterocycles. The summed E-state index contributed by atoms with van der Waals surface area (Å²) in [7, 11) is 1.48. The summed E-state index contributed by atoms with van der Waals surface area (Å²) < 4.78 is 1.50. The highest BCUT2D eigenvalue weighted by atomic mass is 16.4. The quantitative estimate of drug-likeness (QED) is 0.428. The number of carbonyl (C=O) groups is 2. The molecule has 3 aromatic rings. The van der Waals surface area contributed by atoms with Gasteiger partial charge in [-0.2, -0.15) is 0 Å². The first-order chi connectivity index (χ1) is 13.4. The van der Waals surface area contributed by atoms with Gasteiger partial charge in [-0.15, -0.1) is 0 Å². The number of H-pyrrole nitrogens is 1. The fourth-order valence-corrected chi connectivity index (χ4v) is 3.73. The van der Waals surface area contributed by atoms with Crippen molar-refractivity contribution in [2.75, 3.05) is 7.05 Å². The standard InChI is InChI=1S/C18H17N5O5/c1-19-18(28)21-7-8-3-2-4-9-10(8)11(14(24)17(26)27)13-12(9)22-16(25)15-20-5-6-23(13)15/h2-6,11,14,24H,7H2,1H3,(H,22,25)(H,26,27)(H2,19,21,28). The van der Waals surface area contributed by atoms with Gasteiger partial charge in [-0.3, -0.25) is 9.20 Å². The Labute approximate surface area is 157 Å². The highest BCUT2D eigenvalue weighted by Crippen LogP contribution is 2.46. The first-order valence-corrected chi connectivity index (χ1v) is 8.52. The zero-order valence-electron chi connectivity index (χ0n) is 14.8. The lowest BCUT2D eigenvalue weighted by molar-refractivity contribution is -0.147. The van der Waals surface area contributed by atoms with Gasteiger partial charge in [-0.05, 0) is 11.1 Å². The summed E-state index contributed by atoms with van der Waals surface area (Å²) in [5.74, 6) is -2.34. The molecule has 1 aromatic carbocycles. The predicted octanol–water partition coefficient (Wildman–Crippen LogP) is 0.00940. The summed E-state index contributed by atoms with van der Waals surface area (Å²) in [5, 5.41) is 25.1. The lowest BCUT2D eigenvalue weighted by Gasteiger charge is -2.20. The second kappa shape index (κ2) is 6.50. The number of hydrogen-bond acceptors (Lipinski definition) is 5. The number of nitrogens with zero attached hydrogens (tertiary/aromatic N) is 2. The number of benzene rings is 1. The number of carboxylic acid groups (broad SMARTS) is 1. The van der Waals surface area contributed by atoms with Gasteiger partial charge in [0.05, 0.1) is 17.3 Å². The monoisotopic (exact) mass is 383 g/mol. The van der Waals surface area contributed by atoms with Crippen LogP contribution >= 0.6 is 0 Å². The number of aliphatic hydroxyl groups excluding tert-OH is 1. The molecule has 0 saturated heterocycles. The number of urea groups is 1. The Morgan fingerprint density at radius 1 is 1.39 bits per heavy atom. The highest BCUT2D eigenvalue weighted by molar-refractivity contribution is 5.83. The van der Waals surface area contributed by atoms with Crippen LogP contribution in [-0.4, -0.2) is 49.7 Å². The smallest absolute Gasteiger partial charge is 0.333 e. The largest absolute Gasteiger partial charge is 0.479 e. The van der Waals surface area contributed by atoms with Crippen molar-refractivity contribution < 1.29 is 19.8 Å². The van der Waals surface area contributed by atoms with Crippen molar-refractivity contribution in [1.29, 1.82) is 0 Å². The van der Waals surface area contributed by atoms with E-state index in [1.807, 2.05) is 0 Å². The number of carbonyl (C=O) groups excluding carboxylic acids is 1. The molecule has 0 radical (unpaired) electrons. The van der Waals surface area contributed by atoms with Crippen LogP contribution in [0.15, 0.2) is 35.4 Å². The summed E-state index contributed by atoms with van der Waals surface area (Å²) in [5.41, 5.74) is 2.33. The second-order valence-electron chi connectivity index (χ2n) is 6.41. The van der Waals surface area contributed by atoms with Crippen LogP contribution in [-0.2, 0) is 11.3 Å². The summed E-state index contributed by atoms with van der Waals surface area (Å²) in [6.07, 6.45) is 1.24. The van der Waals surface area contributed by atoms with Gasteiger partial charge in [-0.1, -0.05) is 18.2 Å². The molecule has 10 nitrogen and oxygen atoms in total. The Balaban J connectivity index is 1.97. The number of aliphatic hydroxyl groups is 1. The number of imidazole rings is 1. The molecular weight excluding hydrogens is 366 g/mol. The van der Waals surface area contributed by atoms with Crippen LogP contribution in [0.4, 0.5) is 4.79 Å². The third kappa shape index (κ3) is 2.54. The fraction of sp³-hybridized carbons (Fsp3) is 0.222. The van der Waals surface area contributed by atoms with E-state index in [4.69, 9.17) is 0 Å². The van der Waals surface area contributed by atoms with E-state index in [1.165, 1.54) is 17.6 Å². The predicted molar refractivity (Wildman–Crippen MR) is 98.0 cm³/mol. The first-order valence-electron chi connectivity index (χ1n) is 8.52. The topological polar surface area (TPSA) is 149 Å². The van der Waals surface area contributed by atoms with Crippen molar-refractivity contribution in [3.8, 4) is 11.3 Å². The van der Waals surface area contributed by atoms with Crippen LogP contribution in [0.2, 0.25) is 0 Å². The number of hydrogen-bond donors (Lipinski definition) is 5. The summed E-state index contributed by atoms with van der Waals surface area (Å²) in [6.45, 7) is 0.122. The van der Waals surface area contributed by atoms with E-state index in [-0.39, 0.29) is 12.2 Å². The van der Waals surface area contributed by atoms with Gasteiger partial charge in [0, 0.05) is 31.5 Å². The molecule has 4 rings (SSSR count). The maximum atomic E-state index is 12.4. The van der Waals surface area contributed by atoms with E-state index in [2.05, 4.69) is 20.6 Å². The molecule has 5 N–H and O–H groups in total. The van der Waals surface area contributed by atoms with Crippen LogP contribution in [0.1, 0.15) is 22.7 Å². The van der Waals surface area contributed by atoms with Gasteiger partial charge in [0.2, 0.25) is 5.65 Å². The maximum Gasteiger partial charge on any atom is 0.333 e. The van der Waals surface area contributed by atoms with Crippen LogP contribution in [0.5, 0.6) is 0 Å². The number of nitrogens with one attached hydrogen (secondary N) is 3. The van der Waals surface area contributed by atoms with Crippen molar-refractivity contribution >= 4 is 17.6 Å². The van der Waals surface area contributed by atoms with Crippen molar-refractivity contribution in [1.82, 2.24) is 25.0 Å². The molecule has 0 aliphatic heterocycles. The summed E-state index contributed by atoms with van der Waals surface area (Å²) in [4.78, 5) is 42.4. The molecule has 1 aliphatic carbocycles. The third-order valence-corrected chi connectivity index (χ3v) is 4.90. The van der Waals surface area contributed by atoms with Crippen molar-refractivity contribution in [2.24, 2.45) is 0 Å². The molecule has 2 aromatic heterocycles. The van der Waals surface area contributed by atoms with Gasteiger partial charge >= 0.3 is 12.0 Å². The number of aromatic nitrogens is 3. The minimum Gasteiger partial charge on any atom is -0.479 e. The molecule has 2 amide bonds. The van der Waals surface area contributed by atoms with Crippen molar-refractivity contribution in [3.63, 3.8) is 0 Å². The summed E-state index contributed by atoms with van der Waals surface area (Å²) in [6, 6.07) is 4.83. The van der Waals surface area contributed by atoms with E-state index in [0.29, 0.717) is 28.1 Å². The Bertz CT molecular complexity index is 1160. The van der Waals surface area contributed by atoms with E-state index >= 15 is 0 Å². The average Bonchev–Trinajstić information content (AvgIpc) is 3.29. The van der Waals surface area contributed by atoms with Crippen LogP contribution in [0.3, 0.4) is 0 Å². The van der Waals surface area contributed by atoms with Crippen molar-refractivity contribution in [3.05, 3.63) is 57.8 Å². The SMILES string of the molecule is CNC(=O)NCc1cccc2c1C(C(O)C(=O)O)c1c-2[nH]c(=O)c2nccn12. The fourth-order valence-electron chi connectivity index (χ4n) is 3.73. The van der Waals surface area contributed by atoms with Gasteiger partial charge in [0.25, 0.3) is 5.56 Å². The van der Waals surface area contributed by atoms with Crippen LogP contribution in [0, 0.1) is 0 Å². The first kappa shape index (κ1) is 17.7. The number of amides is 2. The lowest BCUT2D eigenvalue weighted by atomic mass is 9.90. The number of fused-ring (bicyclic) bond motifs is 5. The normalized spacial score (nSPS) is 15.7. The minimum absolute atomic E-state index is 0.110. The van der Waals surface area contributed by atoms with E-state index in [9.17, 15) is 24.6 Å². The highest BCUT2D eigenvalue weighted by Gasteiger charge is 2.41. The summed E-state index contributed by atoms with van der Waals surface area (Å²) >= 11 is 0. The van der Waals surface area contributed by atoms with Gasteiger partial charge in [0.15, 0.2) is 6.10 Å². The van der Waals surface area contributed by atoms with Gasteiger partial charge < -0.3 is 25.8 Å². The van der Waals surface area contributed by atoms with Crippen LogP contribution in [0.25, 0.3) is 16.9 Å². The molecule has 0 spiro atoms. The van der Waals surface area contributed by atoms with Gasteiger partial charge in [-0.25, -0.2) is 14.6 Å². The minimum atomic E-state index is -1.75. The molecule has 144 valence electrons. The lowest BCUT2D eigenvalue weighted by Crippen LogP contribution is -2.33. The van der Waals surface area contributed by atoms with Gasteiger partial charge in [0.1, 0.15) is 0 Å². The number of carboxylic acids is 1. The van der Waals surface area contributed by atoms with E-state index in [0.717, 1.165) is 0 Å². The Morgan fingerprint density at radius 3 is 2.89 bits per heavy atom. The van der Waals surface area contributed by atoms with Crippen LogP contribution < -0.4 is 16.2 Å². The molecule has 0 bridgehead atoms. The molecule has 2 atom stereocenters. The molecule has 0 saturated carbocycles. The van der Waals surface area contributed by atoms with E-state index in [1.54, 1.807) is 24.4 Å². The van der Waals surface area contributed by atoms with E-state index < -0.39 is 29.6 Å². The Hall–Kier alpha value is -3.66. The second-order valence-corrected chi connectivity index (χ2v) is 6.41. The zero-order chi connectivity index (χ0) is 20.0. The Kier molecular flexibility index (Phi) is 4.12. The van der Waals surface area contributed by atoms with Crippen molar-refractivity contribution in [2.45, 2.75) is 18.6 Å². The molecule has 10 heteroatoms. The molecule has 2 unspecified atom stereocenters. The zero-order valence-corrected chi connectivity index (χ0v) is 14.8. The number of rotatable bonds is 4.